The van der Waals surface area contributed by atoms with E-state index in [0.717, 1.165) is 25.9 Å². The van der Waals surface area contributed by atoms with Crippen LogP contribution in [0.2, 0.25) is 15.3 Å². The minimum Gasteiger partial charge on any atom is -0.341 e. The molecule has 1 aliphatic rings. The largest absolute Gasteiger partial charge is 0.341 e. The van der Waals surface area contributed by atoms with Gasteiger partial charge in [-0.05, 0) is 36.6 Å². The van der Waals surface area contributed by atoms with Crippen molar-refractivity contribution in [3.8, 4) is 0 Å². The second-order valence-electron chi connectivity index (χ2n) is 4.64. The van der Waals surface area contributed by atoms with Gasteiger partial charge in [0.1, 0.15) is 0 Å². The number of rotatable bonds is 3. The van der Waals surface area contributed by atoms with Gasteiger partial charge in [-0.15, -0.1) is 0 Å². The number of para-hydroxylation sites is 1. The van der Waals surface area contributed by atoms with E-state index in [0.29, 0.717) is 27.6 Å². The van der Waals surface area contributed by atoms with Crippen LogP contribution in [0.3, 0.4) is 0 Å². The summed E-state index contributed by atoms with van der Waals surface area (Å²) in [5, 5.41) is 4.12. The summed E-state index contributed by atoms with van der Waals surface area (Å²) in [6.07, 6.45) is 2.25. The quantitative estimate of drug-likeness (QED) is 0.905. The lowest BCUT2D eigenvalue weighted by Crippen LogP contribution is -2.21. The van der Waals surface area contributed by atoms with E-state index in [-0.39, 0.29) is 5.28 Å². The van der Waals surface area contributed by atoms with Crippen molar-refractivity contribution in [1.29, 1.82) is 0 Å². The molecule has 2 aromatic rings. The third-order valence-electron chi connectivity index (χ3n) is 3.18. The van der Waals surface area contributed by atoms with E-state index in [1.165, 1.54) is 0 Å². The summed E-state index contributed by atoms with van der Waals surface area (Å²) in [4.78, 5) is 14.7. The van der Waals surface area contributed by atoms with Crippen LogP contribution in [0.5, 0.6) is 0 Å². The Morgan fingerprint density at radius 2 is 1.62 bits per heavy atom. The molecule has 0 aliphatic carbocycles. The summed E-state index contributed by atoms with van der Waals surface area (Å²) >= 11 is 18.2. The maximum absolute atomic E-state index is 6.12. The van der Waals surface area contributed by atoms with E-state index in [4.69, 9.17) is 34.8 Å². The van der Waals surface area contributed by atoms with Crippen LogP contribution >= 0.6 is 34.8 Å². The Bertz CT molecular complexity index is 638. The van der Waals surface area contributed by atoms with Gasteiger partial charge in [0.25, 0.3) is 0 Å². The zero-order valence-corrected chi connectivity index (χ0v) is 13.3. The van der Waals surface area contributed by atoms with E-state index in [9.17, 15) is 0 Å². The fourth-order valence-electron chi connectivity index (χ4n) is 2.18. The normalized spacial score (nSPS) is 14.5. The summed E-state index contributed by atoms with van der Waals surface area (Å²) in [5.74, 6) is 0.894. The Morgan fingerprint density at radius 1 is 0.952 bits per heavy atom. The maximum atomic E-state index is 6.12. The minimum atomic E-state index is 0.137. The summed E-state index contributed by atoms with van der Waals surface area (Å²) < 4.78 is 0. The molecule has 1 fully saturated rings. The predicted molar refractivity (Wildman–Crippen MR) is 86.0 cm³/mol. The predicted octanol–water partition coefficient (Wildman–Crippen LogP) is 4.18. The van der Waals surface area contributed by atoms with Gasteiger partial charge < -0.3 is 10.2 Å². The van der Waals surface area contributed by atoms with Crippen LogP contribution < -0.4 is 10.2 Å². The van der Waals surface area contributed by atoms with E-state index >= 15 is 0 Å². The van der Waals surface area contributed by atoms with E-state index < -0.39 is 0 Å². The minimum absolute atomic E-state index is 0.137. The van der Waals surface area contributed by atoms with Gasteiger partial charge in [0.2, 0.25) is 17.2 Å². The molecule has 3 rings (SSSR count). The Kier molecular flexibility index (Phi) is 4.33. The third kappa shape index (κ3) is 3.31. The molecule has 8 heteroatoms. The molecule has 0 radical (unpaired) electrons. The van der Waals surface area contributed by atoms with Crippen LogP contribution in [-0.2, 0) is 0 Å². The van der Waals surface area contributed by atoms with Gasteiger partial charge in [-0.1, -0.05) is 29.3 Å². The van der Waals surface area contributed by atoms with Gasteiger partial charge in [0.05, 0.1) is 15.7 Å². The standard InChI is InChI=1S/C13H12Cl3N5/c14-8-4-3-5-9(15)10(8)17-12-18-11(16)19-13(20-12)21-6-1-2-7-21/h3-5H,1-2,6-7H2,(H,17,18,19,20). The highest BCUT2D eigenvalue weighted by atomic mass is 35.5. The Morgan fingerprint density at radius 3 is 2.29 bits per heavy atom. The van der Waals surface area contributed by atoms with Crippen molar-refractivity contribution < 1.29 is 0 Å². The molecule has 1 aromatic heterocycles. The second-order valence-corrected chi connectivity index (χ2v) is 5.80. The molecular formula is C13H12Cl3N5. The molecule has 0 amide bonds. The Hall–Kier alpha value is -1.30. The van der Waals surface area contributed by atoms with Gasteiger partial charge in [-0.3, -0.25) is 0 Å². The van der Waals surface area contributed by atoms with Crippen molar-refractivity contribution in [3.63, 3.8) is 0 Å². The van der Waals surface area contributed by atoms with Crippen LogP contribution in [0, 0.1) is 0 Å². The molecule has 21 heavy (non-hydrogen) atoms. The first-order valence-electron chi connectivity index (χ1n) is 6.51. The number of benzene rings is 1. The zero-order chi connectivity index (χ0) is 14.8. The van der Waals surface area contributed by atoms with Crippen LogP contribution in [-0.4, -0.2) is 28.0 Å². The lowest BCUT2D eigenvalue weighted by Gasteiger charge is -2.16. The van der Waals surface area contributed by atoms with Crippen molar-refractivity contribution in [2.24, 2.45) is 0 Å². The van der Waals surface area contributed by atoms with Crippen molar-refractivity contribution in [1.82, 2.24) is 15.0 Å². The van der Waals surface area contributed by atoms with Crippen LogP contribution in [0.25, 0.3) is 0 Å². The molecular weight excluding hydrogens is 333 g/mol. The molecule has 0 unspecified atom stereocenters. The highest BCUT2D eigenvalue weighted by Crippen LogP contribution is 2.32. The van der Waals surface area contributed by atoms with Crippen molar-refractivity contribution in [3.05, 3.63) is 33.5 Å². The first-order valence-corrected chi connectivity index (χ1v) is 7.64. The molecule has 0 spiro atoms. The second kappa shape index (κ2) is 6.22. The Labute approximate surface area is 137 Å². The lowest BCUT2D eigenvalue weighted by atomic mass is 10.3. The maximum Gasteiger partial charge on any atom is 0.233 e. The van der Waals surface area contributed by atoms with Crippen LogP contribution in [0.15, 0.2) is 18.2 Å². The van der Waals surface area contributed by atoms with Gasteiger partial charge in [0, 0.05) is 13.1 Å². The fourth-order valence-corrected chi connectivity index (χ4v) is 2.83. The molecule has 0 saturated carbocycles. The highest BCUT2D eigenvalue weighted by molar-refractivity contribution is 6.39. The SMILES string of the molecule is Clc1nc(Nc2c(Cl)cccc2Cl)nc(N2CCCC2)n1. The summed E-state index contributed by atoms with van der Waals surface area (Å²) in [6.45, 7) is 1.85. The number of hydrogen-bond donors (Lipinski definition) is 1. The van der Waals surface area contributed by atoms with Crippen LogP contribution in [0.1, 0.15) is 12.8 Å². The van der Waals surface area contributed by atoms with Crippen molar-refractivity contribution in [2.75, 3.05) is 23.3 Å². The molecule has 1 saturated heterocycles. The first kappa shape index (κ1) is 14.6. The topological polar surface area (TPSA) is 53.9 Å². The number of nitrogens with zero attached hydrogens (tertiary/aromatic N) is 4. The molecule has 0 atom stereocenters. The molecule has 5 nitrogen and oxygen atoms in total. The van der Waals surface area contributed by atoms with Gasteiger partial charge >= 0.3 is 0 Å². The first-order chi connectivity index (χ1) is 10.1. The monoisotopic (exact) mass is 343 g/mol. The van der Waals surface area contributed by atoms with E-state index in [1.807, 2.05) is 0 Å². The number of halogens is 3. The number of hydrogen-bond acceptors (Lipinski definition) is 5. The van der Waals surface area contributed by atoms with E-state index in [1.54, 1.807) is 18.2 Å². The van der Waals surface area contributed by atoms with Gasteiger partial charge in [0.15, 0.2) is 0 Å². The van der Waals surface area contributed by atoms with Gasteiger partial charge in [-0.2, -0.15) is 15.0 Å². The smallest absolute Gasteiger partial charge is 0.233 e. The number of anilines is 3. The summed E-state index contributed by atoms with van der Waals surface area (Å²) in [7, 11) is 0. The highest BCUT2D eigenvalue weighted by Gasteiger charge is 2.17. The fraction of sp³-hybridized carbons (Fsp3) is 0.308. The summed E-state index contributed by atoms with van der Waals surface area (Å²) in [5.41, 5.74) is 0.551. The Balaban J connectivity index is 1.91. The molecule has 1 aliphatic heterocycles. The number of aromatic nitrogens is 3. The van der Waals surface area contributed by atoms with Crippen molar-refractivity contribution in [2.45, 2.75) is 12.8 Å². The zero-order valence-electron chi connectivity index (χ0n) is 11.0. The average Bonchev–Trinajstić information content (AvgIpc) is 2.97. The molecule has 2 heterocycles. The van der Waals surface area contributed by atoms with Crippen molar-refractivity contribution >= 4 is 52.4 Å². The third-order valence-corrected chi connectivity index (χ3v) is 3.98. The molecule has 0 bridgehead atoms. The lowest BCUT2D eigenvalue weighted by molar-refractivity contribution is 0.883. The van der Waals surface area contributed by atoms with Gasteiger partial charge in [-0.25, -0.2) is 0 Å². The average molecular weight is 345 g/mol. The molecule has 1 N–H and O–H groups in total. The van der Waals surface area contributed by atoms with E-state index in [2.05, 4.69) is 25.2 Å². The van der Waals surface area contributed by atoms with Crippen LogP contribution in [0.4, 0.5) is 17.6 Å². The number of nitrogens with one attached hydrogen (secondary N) is 1. The molecule has 1 aromatic carbocycles. The molecule has 110 valence electrons. The summed E-state index contributed by atoms with van der Waals surface area (Å²) in [6, 6.07) is 5.24.